The van der Waals surface area contributed by atoms with Crippen molar-refractivity contribution < 1.29 is 8.42 Å². The second kappa shape index (κ2) is 8.75. The standard InChI is InChI=1S/C24H22N4O2S/c1-31(29,30)21-9-7-20(8-10-21)28-24-14-22-19(16-27-24)12-13-26-23(22)11-6-17-2-4-18(15-25)5-3-17/h7-10,12-14,16-18H,2-5H2,1H3,(H,27,28). The molecule has 0 bridgehead atoms. The van der Waals surface area contributed by atoms with Gasteiger partial charge in [-0.25, -0.2) is 18.4 Å². The summed E-state index contributed by atoms with van der Waals surface area (Å²) in [7, 11) is -3.23. The van der Waals surface area contributed by atoms with E-state index in [4.69, 9.17) is 5.26 Å². The normalized spacial score (nSPS) is 18.6. The Morgan fingerprint density at radius 3 is 2.42 bits per heavy atom. The van der Waals surface area contributed by atoms with E-state index in [0.29, 0.717) is 17.4 Å². The maximum Gasteiger partial charge on any atom is 0.175 e. The average Bonchev–Trinajstić information content (AvgIpc) is 2.78. The van der Waals surface area contributed by atoms with Crippen molar-refractivity contribution in [1.82, 2.24) is 9.97 Å². The van der Waals surface area contributed by atoms with Crippen LogP contribution >= 0.6 is 0 Å². The van der Waals surface area contributed by atoms with Crippen molar-refractivity contribution in [2.75, 3.05) is 11.6 Å². The lowest BCUT2D eigenvalue weighted by Gasteiger charge is -2.20. The van der Waals surface area contributed by atoms with Gasteiger partial charge in [-0.3, -0.25) is 0 Å². The van der Waals surface area contributed by atoms with Crippen LogP contribution in [0.5, 0.6) is 0 Å². The molecular weight excluding hydrogens is 408 g/mol. The minimum absolute atomic E-state index is 0.167. The zero-order valence-corrected chi connectivity index (χ0v) is 18.0. The van der Waals surface area contributed by atoms with E-state index in [1.807, 2.05) is 12.1 Å². The molecule has 0 radical (unpaired) electrons. The van der Waals surface area contributed by atoms with Crippen LogP contribution in [0.1, 0.15) is 31.4 Å². The number of aromatic nitrogens is 2. The molecule has 31 heavy (non-hydrogen) atoms. The molecule has 0 amide bonds. The predicted molar refractivity (Wildman–Crippen MR) is 120 cm³/mol. The van der Waals surface area contributed by atoms with Gasteiger partial charge in [0.05, 0.1) is 11.0 Å². The summed E-state index contributed by atoms with van der Waals surface area (Å²) in [6.45, 7) is 0. The lowest BCUT2D eigenvalue weighted by molar-refractivity contribution is 0.371. The monoisotopic (exact) mass is 430 g/mol. The van der Waals surface area contributed by atoms with Crippen LogP contribution in [-0.4, -0.2) is 24.6 Å². The molecule has 2 heterocycles. The molecule has 6 nitrogen and oxygen atoms in total. The topological polar surface area (TPSA) is 95.7 Å². The van der Waals surface area contributed by atoms with Gasteiger partial charge in [0.25, 0.3) is 0 Å². The SMILES string of the molecule is CS(=O)(=O)c1ccc(Nc2cc3c(C#CC4CCC(C#N)CC4)nccc3cn2)cc1. The van der Waals surface area contributed by atoms with Crippen molar-refractivity contribution in [1.29, 1.82) is 5.26 Å². The van der Waals surface area contributed by atoms with E-state index in [1.54, 1.807) is 36.7 Å². The van der Waals surface area contributed by atoms with Gasteiger partial charge in [-0.1, -0.05) is 5.92 Å². The smallest absolute Gasteiger partial charge is 0.175 e. The molecule has 0 unspecified atom stereocenters. The number of nitrogens with one attached hydrogen (secondary N) is 1. The van der Waals surface area contributed by atoms with Crippen LogP contribution in [0.25, 0.3) is 10.8 Å². The lowest BCUT2D eigenvalue weighted by Crippen LogP contribution is -2.11. The minimum Gasteiger partial charge on any atom is -0.340 e. The number of rotatable bonds is 3. The molecule has 1 aliphatic carbocycles. The van der Waals surface area contributed by atoms with Crippen molar-refractivity contribution in [2.24, 2.45) is 11.8 Å². The Kier molecular flexibility index (Phi) is 5.88. The molecule has 0 atom stereocenters. The van der Waals surface area contributed by atoms with E-state index in [-0.39, 0.29) is 10.8 Å². The van der Waals surface area contributed by atoms with Gasteiger partial charge < -0.3 is 5.32 Å². The fraction of sp³-hybridized carbons (Fsp3) is 0.292. The van der Waals surface area contributed by atoms with E-state index in [9.17, 15) is 8.42 Å². The molecule has 7 heteroatoms. The van der Waals surface area contributed by atoms with E-state index in [1.165, 1.54) is 6.26 Å². The zero-order chi connectivity index (χ0) is 21.8. The molecule has 1 fully saturated rings. The largest absolute Gasteiger partial charge is 0.340 e. The first-order valence-electron chi connectivity index (χ1n) is 10.2. The highest BCUT2D eigenvalue weighted by atomic mass is 32.2. The summed E-state index contributed by atoms with van der Waals surface area (Å²) in [4.78, 5) is 9.18. The van der Waals surface area contributed by atoms with E-state index in [0.717, 1.165) is 42.1 Å². The molecule has 3 aromatic rings. The van der Waals surface area contributed by atoms with Gasteiger partial charge in [0, 0.05) is 46.9 Å². The number of pyridine rings is 2. The molecule has 2 aromatic heterocycles. The molecule has 1 aliphatic rings. The number of benzene rings is 1. The summed E-state index contributed by atoms with van der Waals surface area (Å²) in [6.07, 6.45) is 8.42. The van der Waals surface area contributed by atoms with Crippen LogP contribution in [0.4, 0.5) is 11.5 Å². The van der Waals surface area contributed by atoms with Gasteiger partial charge in [-0.15, -0.1) is 0 Å². The Hall–Kier alpha value is -3.42. The number of nitriles is 1. The summed E-state index contributed by atoms with van der Waals surface area (Å²) in [5.74, 6) is 7.68. The third-order valence-electron chi connectivity index (χ3n) is 5.51. The van der Waals surface area contributed by atoms with Gasteiger partial charge in [0.1, 0.15) is 11.5 Å². The first-order chi connectivity index (χ1) is 14.9. The Morgan fingerprint density at radius 2 is 1.74 bits per heavy atom. The highest BCUT2D eigenvalue weighted by Crippen LogP contribution is 2.28. The maximum atomic E-state index is 11.6. The summed E-state index contributed by atoms with van der Waals surface area (Å²) in [6, 6.07) is 12.7. The second-order valence-corrected chi connectivity index (χ2v) is 9.83. The van der Waals surface area contributed by atoms with Gasteiger partial charge in [0.2, 0.25) is 0 Å². The van der Waals surface area contributed by atoms with Crippen molar-refractivity contribution in [2.45, 2.75) is 30.6 Å². The molecule has 4 rings (SSSR count). The van der Waals surface area contributed by atoms with Gasteiger partial charge in [-0.05, 0) is 68.0 Å². The van der Waals surface area contributed by atoms with Crippen LogP contribution < -0.4 is 5.32 Å². The van der Waals surface area contributed by atoms with Crippen molar-refractivity contribution in [3.05, 3.63) is 54.5 Å². The van der Waals surface area contributed by atoms with E-state index in [2.05, 4.69) is 33.2 Å². The number of sulfone groups is 1. The number of anilines is 2. The molecule has 1 aromatic carbocycles. The minimum atomic E-state index is -3.23. The van der Waals surface area contributed by atoms with Crippen molar-refractivity contribution in [3.8, 4) is 17.9 Å². The summed E-state index contributed by atoms with van der Waals surface area (Å²) < 4.78 is 23.3. The number of hydrogen-bond donors (Lipinski definition) is 1. The molecule has 1 saturated carbocycles. The molecule has 0 spiro atoms. The van der Waals surface area contributed by atoms with Crippen molar-refractivity contribution >= 4 is 32.1 Å². The second-order valence-electron chi connectivity index (χ2n) is 7.82. The maximum absolute atomic E-state index is 11.6. The van der Waals surface area contributed by atoms with Crippen molar-refractivity contribution in [3.63, 3.8) is 0 Å². The number of hydrogen-bond acceptors (Lipinski definition) is 6. The number of fused-ring (bicyclic) bond motifs is 1. The Morgan fingerprint density at radius 1 is 1.03 bits per heavy atom. The Labute approximate surface area is 182 Å². The lowest BCUT2D eigenvalue weighted by atomic mass is 9.83. The molecule has 156 valence electrons. The average molecular weight is 431 g/mol. The molecule has 0 aliphatic heterocycles. The van der Waals surface area contributed by atoms with Crippen LogP contribution in [0, 0.1) is 35.0 Å². The van der Waals surface area contributed by atoms with Crippen LogP contribution in [-0.2, 0) is 9.84 Å². The highest BCUT2D eigenvalue weighted by Gasteiger charge is 2.19. The fourth-order valence-electron chi connectivity index (χ4n) is 3.70. The van der Waals surface area contributed by atoms with Crippen LogP contribution in [0.3, 0.4) is 0 Å². The van der Waals surface area contributed by atoms with E-state index < -0.39 is 9.84 Å². The van der Waals surface area contributed by atoms with Gasteiger partial charge >= 0.3 is 0 Å². The first-order valence-corrected chi connectivity index (χ1v) is 12.0. The Balaban J connectivity index is 1.57. The Bertz CT molecular complexity index is 1310. The van der Waals surface area contributed by atoms with Gasteiger partial charge in [-0.2, -0.15) is 5.26 Å². The highest BCUT2D eigenvalue weighted by molar-refractivity contribution is 7.90. The molecule has 0 saturated heterocycles. The third-order valence-corrected chi connectivity index (χ3v) is 6.64. The van der Waals surface area contributed by atoms with Gasteiger partial charge in [0.15, 0.2) is 9.84 Å². The van der Waals surface area contributed by atoms with E-state index >= 15 is 0 Å². The van der Waals surface area contributed by atoms with Crippen LogP contribution in [0.15, 0.2) is 53.7 Å². The summed E-state index contributed by atoms with van der Waals surface area (Å²) >= 11 is 0. The predicted octanol–water partition coefficient (Wildman–Crippen LogP) is 4.46. The summed E-state index contributed by atoms with van der Waals surface area (Å²) in [5, 5.41) is 14.1. The molecule has 1 N–H and O–H groups in total. The summed E-state index contributed by atoms with van der Waals surface area (Å²) in [5.41, 5.74) is 1.45. The zero-order valence-electron chi connectivity index (χ0n) is 17.2. The molecular formula is C24H22N4O2S. The quantitative estimate of drug-likeness (QED) is 0.617. The third kappa shape index (κ3) is 5.02. The first kappa shape index (κ1) is 20.8. The van der Waals surface area contributed by atoms with Crippen LogP contribution in [0.2, 0.25) is 0 Å². The fourth-order valence-corrected chi connectivity index (χ4v) is 4.33. The number of nitrogens with zero attached hydrogens (tertiary/aromatic N) is 3.